The maximum Gasteiger partial charge on any atom is 0.134 e. The van der Waals surface area contributed by atoms with Gasteiger partial charge in [-0.2, -0.15) is 0 Å². The first-order valence-electron chi connectivity index (χ1n) is 5.08. The summed E-state index contributed by atoms with van der Waals surface area (Å²) in [5.74, 6) is -0.827. The molecule has 1 rings (SSSR count). The summed E-state index contributed by atoms with van der Waals surface area (Å²) in [6.07, 6.45) is 0. The Labute approximate surface area is 110 Å². The van der Waals surface area contributed by atoms with Crippen LogP contribution >= 0.6 is 24.0 Å². The summed E-state index contributed by atoms with van der Waals surface area (Å²) in [5.41, 5.74) is 4.58. The van der Waals surface area contributed by atoms with Crippen LogP contribution in [-0.4, -0.2) is 22.1 Å². The van der Waals surface area contributed by atoms with Gasteiger partial charge in [0.1, 0.15) is 10.4 Å². The van der Waals surface area contributed by atoms with Gasteiger partial charge in [0.25, 0.3) is 0 Å². The van der Waals surface area contributed by atoms with E-state index in [9.17, 15) is 9.90 Å². The average molecular weight is 270 g/mol. The molecule has 4 N–H and O–H groups in total. The molecule has 0 heterocycles. The number of nitrogens with one attached hydrogen (secondary N) is 1. The molecule has 4 nitrogen and oxygen atoms in total. The van der Waals surface area contributed by atoms with Crippen molar-refractivity contribution in [3.8, 4) is 0 Å². The normalized spacial score (nSPS) is 11.8. The molecule has 1 aromatic rings. The van der Waals surface area contributed by atoms with Gasteiger partial charge in [0.2, 0.25) is 0 Å². The van der Waals surface area contributed by atoms with Crippen molar-refractivity contribution in [3.05, 3.63) is 35.9 Å². The van der Waals surface area contributed by atoms with E-state index < -0.39 is 12.0 Å². The highest BCUT2D eigenvalue weighted by Gasteiger charge is 2.08. The Balaban J connectivity index is 2.24. The number of rotatable bonds is 5. The van der Waals surface area contributed by atoms with E-state index in [0.717, 1.165) is 5.56 Å². The molecular formula is C11H14N2O2S2. The van der Waals surface area contributed by atoms with Crippen molar-refractivity contribution in [1.29, 1.82) is 0 Å². The summed E-state index contributed by atoms with van der Waals surface area (Å²) in [6, 6.07) is 9.10. The largest absolute Gasteiger partial charge is 0.544 e. The zero-order chi connectivity index (χ0) is 12.7. The number of quaternary nitrogens is 1. The predicted molar refractivity (Wildman–Crippen MR) is 70.0 cm³/mol. The van der Waals surface area contributed by atoms with E-state index in [2.05, 4.69) is 11.1 Å². The predicted octanol–water partition coefficient (Wildman–Crippen LogP) is -0.845. The fourth-order valence-corrected chi connectivity index (χ4v) is 2.00. The molecule has 0 bridgehead atoms. The van der Waals surface area contributed by atoms with E-state index >= 15 is 0 Å². The monoisotopic (exact) mass is 270 g/mol. The van der Waals surface area contributed by atoms with Crippen LogP contribution in [0.3, 0.4) is 0 Å². The number of thiocarbonyl (C=S) groups is 1. The molecule has 0 aromatic heterocycles. The van der Waals surface area contributed by atoms with E-state index in [1.54, 1.807) is 0 Å². The smallest absolute Gasteiger partial charge is 0.134 e. The summed E-state index contributed by atoms with van der Waals surface area (Å²) in [7, 11) is 0. The van der Waals surface area contributed by atoms with E-state index in [4.69, 9.17) is 12.2 Å². The molecule has 0 amide bonds. The number of hydrogen-bond acceptors (Lipinski definition) is 4. The van der Waals surface area contributed by atoms with Crippen molar-refractivity contribution in [3.63, 3.8) is 0 Å². The Bertz CT molecular complexity index is 384. The van der Waals surface area contributed by atoms with E-state index in [-0.39, 0.29) is 0 Å². The molecule has 92 valence electrons. The number of benzene rings is 1. The number of carboxylic acid groups (broad SMARTS) is 1. The summed E-state index contributed by atoms with van der Waals surface area (Å²) in [5, 5.41) is 13.5. The Morgan fingerprint density at radius 3 is 2.71 bits per heavy atom. The van der Waals surface area contributed by atoms with Crippen molar-refractivity contribution in [2.24, 2.45) is 0 Å². The summed E-state index contributed by atoms with van der Waals surface area (Å²) >= 11 is 6.34. The van der Waals surface area contributed by atoms with Crippen molar-refractivity contribution in [2.75, 3.05) is 5.75 Å². The molecule has 0 unspecified atom stereocenters. The van der Waals surface area contributed by atoms with Gasteiger partial charge in [-0.05, 0) is 5.56 Å². The van der Waals surface area contributed by atoms with Crippen LogP contribution in [0, 0.1) is 0 Å². The Morgan fingerprint density at radius 2 is 2.12 bits per heavy atom. The maximum atomic E-state index is 10.4. The third-order valence-electron chi connectivity index (χ3n) is 2.03. The van der Waals surface area contributed by atoms with E-state index in [1.807, 2.05) is 30.3 Å². The lowest BCUT2D eigenvalue weighted by atomic mass is 10.2. The van der Waals surface area contributed by atoms with Crippen LogP contribution in [-0.2, 0) is 11.3 Å². The van der Waals surface area contributed by atoms with Crippen LogP contribution in [0.15, 0.2) is 30.3 Å². The van der Waals surface area contributed by atoms with Crippen molar-refractivity contribution in [2.45, 2.75) is 12.6 Å². The summed E-state index contributed by atoms with van der Waals surface area (Å²) < 4.78 is 0.573. The van der Waals surface area contributed by atoms with Gasteiger partial charge < -0.3 is 21.0 Å². The number of hydrogen-bond donors (Lipinski definition) is 2. The minimum absolute atomic E-state index is 0.322. The van der Waals surface area contributed by atoms with Gasteiger partial charge in [-0.15, -0.1) is 0 Å². The lowest BCUT2D eigenvalue weighted by Gasteiger charge is -2.10. The Morgan fingerprint density at radius 1 is 1.47 bits per heavy atom. The van der Waals surface area contributed by atoms with Crippen LogP contribution in [0.2, 0.25) is 0 Å². The second-order valence-corrected chi connectivity index (χ2v) is 5.15. The van der Waals surface area contributed by atoms with Crippen LogP contribution < -0.4 is 16.2 Å². The van der Waals surface area contributed by atoms with Gasteiger partial charge in [0.15, 0.2) is 0 Å². The molecule has 0 aliphatic heterocycles. The van der Waals surface area contributed by atoms with Gasteiger partial charge in [-0.3, -0.25) is 0 Å². The number of carboxylic acids is 1. The second kappa shape index (κ2) is 7.26. The van der Waals surface area contributed by atoms with Crippen LogP contribution in [0.5, 0.6) is 0 Å². The molecule has 0 aliphatic rings. The SMILES string of the molecule is [NH3+][C@@H](CSC(=S)NCc1ccccc1)C(=O)[O-]. The van der Waals surface area contributed by atoms with Crippen molar-refractivity contribution < 1.29 is 15.6 Å². The topological polar surface area (TPSA) is 79.8 Å². The van der Waals surface area contributed by atoms with Crippen molar-refractivity contribution in [1.82, 2.24) is 5.32 Å². The van der Waals surface area contributed by atoms with Gasteiger partial charge in [0, 0.05) is 6.54 Å². The molecule has 1 aromatic carbocycles. The highest BCUT2D eigenvalue weighted by Crippen LogP contribution is 2.04. The summed E-state index contributed by atoms with van der Waals surface area (Å²) in [4.78, 5) is 10.4. The number of aliphatic carboxylic acids is 1. The highest BCUT2D eigenvalue weighted by atomic mass is 32.2. The van der Waals surface area contributed by atoms with Crippen LogP contribution in [0.1, 0.15) is 5.56 Å². The van der Waals surface area contributed by atoms with Gasteiger partial charge >= 0.3 is 0 Å². The van der Waals surface area contributed by atoms with Gasteiger partial charge in [-0.25, -0.2) is 0 Å². The average Bonchev–Trinajstić information content (AvgIpc) is 2.34. The zero-order valence-corrected chi connectivity index (χ0v) is 10.9. The quantitative estimate of drug-likeness (QED) is 0.682. The molecular weight excluding hydrogens is 256 g/mol. The lowest BCUT2D eigenvalue weighted by Crippen LogP contribution is -2.69. The van der Waals surface area contributed by atoms with Crippen molar-refractivity contribution >= 4 is 34.3 Å². The Hall–Kier alpha value is -1.11. The molecule has 17 heavy (non-hydrogen) atoms. The first-order chi connectivity index (χ1) is 8.09. The standard InChI is InChI=1S/C11H14N2O2S2/c12-9(10(14)15)7-17-11(16)13-6-8-4-2-1-3-5-8/h1-5,9H,6-7,12H2,(H,13,16)(H,14,15)/t9-/m0/s1. The fourth-order valence-electron chi connectivity index (χ4n) is 1.07. The van der Waals surface area contributed by atoms with Gasteiger partial charge in [-0.1, -0.05) is 54.3 Å². The fraction of sp³-hybridized carbons (Fsp3) is 0.273. The second-order valence-electron chi connectivity index (χ2n) is 3.45. The van der Waals surface area contributed by atoms with E-state index in [1.165, 1.54) is 11.8 Å². The maximum absolute atomic E-state index is 10.4. The third kappa shape index (κ3) is 5.67. The molecule has 0 aliphatic carbocycles. The third-order valence-corrected chi connectivity index (χ3v) is 3.50. The lowest BCUT2D eigenvalue weighted by molar-refractivity contribution is -0.431. The van der Waals surface area contributed by atoms with E-state index in [0.29, 0.717) is 16.6 Å². The minimum atomic E-state index is -1.15. The van der Waals surface area contributed by atoms with Crippen LogP contribution in [0.4, 0.5) is 0 Å². The van der Waals surface area contributed by atoms with Crippen LogP contribution in [0.25, 0.3) is 0 Å². The molecule has 0 radical (unpaired) electrons. The number of thioether (sulfide) groups is 1. The minimum Gasteiger partial charge on any atom is -0.544 e. The summed E-state index contributed by atoms with van der Waals surface area (Å²) in [6.45, 7) is 0.639. The Kier molecular flexibility index (Phi) is 5.96. The molecule has 0 fully saturated rings. The number of carbonyl (C=O) groups excluding carboxylic acids is 1. The molecule has 6 heteroatoms. The first kappa shape index (κ1) is 14.0. The number of carbonyl (C=O) groups is 1. The zero-order valence-electron chi connectivity index (χ0n) is 9.22. The molecule has 1 atom stereocenters. The highest BCUT2D eigenvalue weighted by molar-refractivity contribution is 8.23. The molecule has 0 saturated carbocycles. The van der Waals surface area contributed by atoms with Gasteiger partial charge in [0.05, 0.1) is 11.7 Å². The molecule has 0 saturated heterocycles. The first-order valence-corrected chi connectivity index (χ1v) is 6.47. The molecule has 0 spiro atoms.